The fraction of sp³-hybridized carbons (Fsp3) is 0.0588. The first-order valence-electron chi connectivity index (χ1n) is 6.05. The highest BCUT2D eigenvalue weighted by atomic mass is 16.1. The fourth-order valence-electron chi connectivity index (χ4n) is 1.70. The first-order valence-corrected chi connectivity index (χ1v) is 6.05. The molecule has 0 atom stereocenters. The summed E-state index contributed by atoms with van der Waals surface area (Å²) in [5.74, 6) is 0.00661. The van der Waals surface area contributed by atoms with Crippen LogP contribution in [0.15, 0.2) is 60.7 Å². The largest absolute Gasteiger partial charge is 0.295 e. The Labute approximate surface area is 112 Å². The Bertz CT molecular complexity index is 607. The van der Waals surface area contributed by atoms with Crippen LogP contribution in [0, 0.1) is 0 Å². The molecule has 0 spiro atoms. The summed E-state index contributed by atoms with van der Waals surface area (Å²) in [5.41, 5.74) is 2.24. The predicted molar refractivity (Wildman–Crippen MR) is 76.3 cm³/mol. The molecule has 0 bridgehead atoms. The number of hydrogen-bond donors (Lipinski definition) is 0. The molecule has 0 aliphatic heterocycles. The van der Waals surface area contributed by atoms with Gasteiger partial charge in [0.15, 0.2) is 11.6 Å². The lowest BCUT2D eigenvalue weighted by atomic mass is 10.1. The first kappa shape index (κ1) is 13.0. The van der Waals surface area contributed by atoms with Crippen LogP contribution >= 0.6 is 0 Å². The molecule has 0 saturated heterocycles. The quantitative estimate of drug-likeness (QED) is 0.611. The van der Waals surface area contributed by atoms with E-state index in [9.17, 15) is 9.59 Å². The van der Waals surface area contributed by atoms with Crippen molar-refractivity contribution in [2.45, 2.75) is 6.92 Å². The summed E-state index contributed by atoms with van der Waals surface area (Å²) >= 11 is 0. The van der Waals surface area contributed by atoms with E-state index in [0.717, 1.165) is 5.56 Å². The van der Waals surface area contributed by atoms with Gasteiger partial charge in [-0.25, -0.2) is 0 Å². The Balaban J connectivity index is 2.10. The van der Waals surface area contributed by atoms with Gasteiger partial charge in [-0.3, -0.25) is 9.59 Å². The number of carbonyl (C=O) groups is 2. The SMILES string of the molecule is CC(=O)c1ccc(/C=C/C(=O)c2ccccc2)cc1. The number of hydrogen-bond acceptors (Lipinski definition) is 2. The molecule has 0 fully saturated rings. The second kappa shape index (κ2) is 5.91. The number of carbonyl (C=O) groups excluding carboxylic acids is 2. The molecule has 0 amide bonds. The highest BCUT2D eigenvalue weighted by Crippen LogP contribution is 2.08. The molecule has 2 aromatic carbocycles. The van der Waals surface area contributed by atoms with Crippen LogP contribution in [-0.4, -0.2) is 11.6 Å². The summed E-state index contributed by atoms with van der Waals surface area (Å²) in [6.45, 7) is 1.53. The number of rotatable bonds is 4. The molecule has 2 rings (SSSR count). The number of benzene rings is 2. The predicted octanol–water partition coefficient (Wildman–Crippen LogP) is 3.79. The molecule has 0 heterocycles. The maximum absolute atomic E-state index is 11.9. The van der Waals surface area contributed by atoms with Crippen LogP contribution in [0.2, 0.25) is 0 Å². The van der Waals surface area contributed by atoms with Crippen LogP contribution in [0.25, 0.3) is 6.08 Å². The molecule has 0 saturated carbocycles. The van der Waals surface area contributed by atoms with Crippen molar-refractivity contribution in [3.05, 3.63) is 77.4 Å². The van der Waals surface area contributed by atoms with Crippen LogP contribution in [0.1, 0.15) is 33.2 Å². The summed E-state index contributed by atoms with van der Waals surface area (Å²) in [7, 11) is 0. The average molecular weight is 250 g/mol. The Hall–Kier alpha value is -2.48. The molecule has 0 aromatic heterocycles. The van der Waals surface area contributed by atoms with Gasteiger partial charge in [0.1, 0.15) is 0 Å². The zero-order valence-corrected chi connectivity index (χ0v) is 10.7. The van der Waals surface area contributed by atoms with Crippen molar-refractivity contribution >= 4 is 17.6 Å². The van der Waals surface area contributed by atoms with E-state index in [-0.39, 0.29) is 11.6 Å². The van der Waals surface area contributed by atoms with Crippen molar-refractivity contribution in [2.24, 2.45) is 0 Å². The Morgan fingerprint density at radius 2 is 1.47 bits per heavy atom. The van der Waals surface area contributed by atoms with E-state index in [1.54, 1.807) is 30.3 Å². The minimum Gasteiger partial charge on any atom is -0.295 e. The molecule has 94 valence electrons. The van der Waals surface area contributed by atoms with Gasteiger partial charge in [-0.1, -0.05) is 60.7 Å². The third kappa shape index (κ3) is 3.49. The number of allylic oxidation sites excluding steroid dienone is 1. The van der Waals surface area contributed by atoms with Crippen molar-refractivity contribution in [2.75, 3.05) is 0 Å². The van der Waals surface area contributed by atoms with Gasteiger partial charge >= 0.3 is 0 Å². The average Bonchev–Trinajstić information content (AvgIpc) is 2.46. The molecular formula is C17H14O2. The van der Waals surface area contributed by atoms with Crippen molar-refractivity contribution in [3.63, 3.8) is 0 Å². The standard InChI is InChI=1S/C17H14O2/c1-13(18)15-10-7-14(8-11-15)9-12-17(19)16-5-3-2-4-6-16/h2-12H,1H3/b12-9+. The van der Waals surface area contributed by atoms with Gasteiger partial charge in [0.05, 0.1) is 0 Å². The second-order valence-electron chi connectivity index (χ2n) is 4.24. The molecule has 0 radical (unpaired) electrons. The van der Waals surface area contributed by atoms with Gasteiger partial charge in [0.2, 0.25) is 0 Å². The van der Waals surface area contributed by atoms with Gasteiger partial charge in [0, 0.05) is 11.1 Å². The van der Waals surface area contributed by atoms with E-state index in [0.29, 0.717) is 11.1 Å². The molecule has 0 N–H and O–H groups in total. The second-order valence-corrected chi connectivity index (χ2v) is 4.24. The lowest BCUT2D eigenvalue weighted by Gasteiger charge is -1.97. The van der Waals surface area contributed by atoms with E-state index in [1.807, 2.05) is 30.3 Å². The highest BCUT2D eigenvalue weighted by Gasteiger charge is 2.00. The molecule has 0 aliphatic carbocycles. The van der Waals surface area contributed by atoms with Crippen LogP contribution in [-0.2, 0) is 0 Å². The van der Waals surface area contributed by atoms with Crippen LogP contribution in [0.4, 0.5) is 0 Å². The van der Waals surface area contributed by atoms with E-state index >= 15 is 0 Å². The molecule has 2 heteroatoms. The molecule has 2 aromatic rings. The van der Waals surface area contributed by atoms with Crippen LogP contribution in [0.5, 0.6) is 0 Å². The van der Waals surface area contributed by atoms with E-state index < -0.39 is 0 Å². The molecule has 2 nitrogen and oxygen atoms in total. The maximum Gasteiger partial charge on any atom is 0.185 e. The third-order valence-electron chi connectivity index (χ3n) is 2.80. The van der Waals surface area contributed by atoms with Crippen molar-refractivity contribution in [1.82, 2.24) is 0 Å². The molecule has 0 aliphatic rings. The molecule has 0 unspecified atom stereocenters. The lowest BCUT2D eigenvalue weighted by Crippen LogP contribution is -1.93. The van der Waals surface area contributed by atoms with E-state index in [2.05, 4.69) is 0 Å². The van der Waals surface area contributed by atoms with Crippen LogP contribution < -0.4 is 0 Å². The number of ketones is 2. The van der Waals surface area contributed by atoms with Gasteiger partial charge in [-0.2, -0.15) is 0 Å². The van der Waals surface area contributed by atoms with Gasteiger partial charge in [0.25, 0.3) is 0 Å². The van der Waals surface area contributed by atoms with Crippen molar-refractivity contribution < 1.29 is 9.59 Å². The molecule has 19 heavy (non-hydrogen) atoms. The normalized spacial score (nSPS) is 10.6. The van der Waals surface area contributed by atoms with Crippen molar-refractivity contribution in [1.29, 1.82) is 0 Å². The van der Waals surface area contributed by atoms with E-state index in [1.165, 1.54) is 13.0 Å². The monoisotopic (exact) mass is 250 g/mol. The van der Waals surface area contributed by atoms with E-state index in [4.69, 9.17) is 0 Å². The Kier molecular flexibility index (Phi) is 4.04. The third-order valence-corrected chi connectivity index (χ3v) is 2.80. The topological polar surface area (TPSA) is 34.1 Å². The summed E-state index contributed by atoms with van der Waals surface area (Å²) < 4.78 is 0. The maximum atomic E-state index is 11.9. The van der Waals surface area contributed by atoms with Crippen molar-refractivity contribution in [3.8, 4) is 0 Å². The lowest BCUT2D eigenvalue weighted by molar-refractivity contribution is 0.101. The minimum atomic E-state index is -0.0313. The number of Topliss-reactive ketones (excluding diaryl/α,β-unsaturated/α-hetero) is 1. The first-order chi connectivity index (χ1) is 9.16. The summed E-state index contributed by atoms with van der Waals surface area (Å²) in [5, 5.41) is 0. The Morgan fingerprint density at radius 1 is 0.842 bits per heavy atom. The van der Waals surface area contributed by atoms with Crippen LogP contribution in [0.3, 0.4) is 0 Å². The highest BCUT2D eigenvalue weighted by molar-refractivity contribution is 6.06. The van der Waals surface area contributed by atoms with Gasteiger partial charge < -0.3 is 0 Å². The van der Waals surface area contributed by atoms with Gasteiger partial charge in [-0.15, -0.1) is 0 Å². The summed E-state index contributed by atoms with van der Waals surface area (Å²) in [6, 6.07) is 16.3. The minimum absolute atomic E-state index is 0.0313. The fourth-order valence-corrected chi connectivity index (χ4v) is 1.70. The smallest absolute Gasteiger partial charge is 0.185 e. The zero-order valence-electron chi connectivity index (χ0n) is 10.7. The Morgan fingerprint density at radius 3 is 2.05 bits per heavy atom. The summed E-state index contributed by atoms with van der Waals surface area (Å²) in [4.78, 5) is 23.0. The van der Waals surface area contributed by atoms with Gasteiger partial charge in [-0.05, 0) is 18.6 Å². The zero-order chi connectivity index (χ0) is 13.7. The summed E-state index contributed by atoms with van der Waals surface area (Å²) in [6.07, 6.45) is 3.29. The molecular weight excluding hydrogens is 236 g/mol.